The number of nitrogens with zero attached hydrogens (tertiary/aromatic N) is 1. The third-order valence-electron chi connectivity index (χ3n) is 2.64. The lowest BCUT2D eigenvalue weighted by molar-refractivity contribution is -0.129. The van der Waals surface area contributed by atoms with E-state index in [1.165, 1.54) is 16.7 Å². The van der Waals surface area contributed by atoms with E-state index in [0.717, 1.165) is 0 Å². The first kappa shape index (κ1) is 14.5. The first-order chi connectivity index (χ1) is 9.70. The summed E-state index contributed by atoms with van der Waals surface area (Å²) < 4.78 is 5.44. The number of carbonyl (C=O) groups excluding carboxylic acids is 2. The molecule has 0 radical (unpaired) electrons. The summed E-state index contributed by atoms with van der Waals surface area (Å²) in [5, 5.41) is 4.57. The minimum atomic E-state index is -0.248. The predicted octanol–water partition coefficient (Wildman–Crippen LogP) is 2.07. The molecule has 0 spiro atoms. The van der Waals surface area contributed by atoms with E-state index in [-0.39, 0.29) is 18.4 Å². The van der Waals surface area contributed by atoms with Gasteiger partial charge < -0.3 is 15.0 Å². The topological polar surface area (TPSA) is 58.6 Å². The molecule has 0 saturated heterocycles. The number of ether oxygens (including phenoxy) is 1. The smallest absolute Gasteiger partial charge is 0.244 e. The van der Waals surface area contributed by atoms with Crippen LogP contribution in [0.1, 0.15) is 6.92 Å². The molecule has 0 unspecified atom stereocenters. The third kappa shape index (κ3) is 3.77. The number of thioether (sulfide) groups is 1. The molecule has 2 amide bonds. The minimum Gasteiger partial charge on any atom is -0.492 e. The number of nitrogens with one attached hydrogen (secondary N) is 1. The molecular weight excluding hydrogens is 276 g/mol. The lowest BCUT2D eigenvalue weighted by Crippen LogP contribution is -2.36. The first-order valence-electron chi connectivity index (χ1n) is 6.30. The summed E-state index contributed by atoms with van der Waals surface area (Å²) in [5.74, 6) is 0.687. The van der Waals surface area contributed by atoms with Gasteiger partial charge in [-0.1, -0.05) is 12.1 Å². The number of hydrogen-bond donors (Lipinski definition) is 1. The van der Waals surface area contributed by atoms with Crippen LogP contribution < -0.4 is 10.1 Å². The molecular formula is C14H16N2O3S. The normalized spacial score (nSPS) is 14.2. The van der Waals surface area contributed by atoms with Gasteiger partial charge in [-0.25, -0.2) is 0 Å². The Kier molecular flexibility index (Phi) is 5.06. The molecule has 0 fully saturated rings. The van der Waals surface area contributed by atoms with Crippen LogP contribution in [-0.2, 0) is 9.59 Å². The van der Waals surface area contributed by atoms with Gasteiger partial charge in [0.15, 0.2) is 0 Å². The molecule has 0 aromatic heterocycles. The second-order valence-electron chi connectivity index (χ2n) is 4.10. The maximum atomic E-state index is 12.0. The lowest BCUT2D eigenvalue weighted by Gasteiger charge is -2.20. The fourth-order valence-electron chi connectivity index (χ4n) is 1.74. The minimum absolute atomic E-state index is 0.0103. The summed E-state index contributed by atoms with van der Waals surface area (Å²) in [6, 6.07) is 7.23. The van der Waals surface area contributed by atoms with E-state index in [1.54, 1.807) is 18.3 Å². The Labute approximate surface area is 122 Å². The molecule has 0 saturated carbocycles. The Morgan fingerprint density at radius 2 is 2.25 bits per heavy atom. The summed E-state index contributed by atoms with van der Waals surface area (Å²) in [4.78, 5) is 25.0. The maximum absolute atomic E-state index is 12.0. The van der Waals surface area contributed by atoms with Crippen LogP contribution >= 0.6 is 11.8 Å². The van der Waals surface area contributed by atoms with Crippen LogP contribution in [0, 0.1) is 0 Å². The van der Waals surface area contributed by atoms with Crippen molar-refractivity contribution in [1.29, 1.82) is 0 Å². The molecule has 1 heterocycles. The highest BCUT2D eigenvalue weighted by molar-refractivity contribution is 8.02. The van der Waals surface area contributed by atoms with Crippen molar-refractivity contribution in [2.75, 3.05) is 24.2 Å². The van der Waals surface area contributed by atoms with E-state index in [9.17, 15) is 9.59 Å². The molecule has 20 heavy (non-hydrogen) atoms. The van der Waals surface area contributed by atoms with Crippen LogP contribution in [0.25, 0.3) is 0 Å². The van der Waals surface area contributed by atoms with Gasteiger partial charge in [0.1, 0.15) is 12.3 Å². The van der Waals surface area contributed by atoms with Gasteiger partial charge in [-0.2, -0.15) is 0 Å². The second kappa shape index (κ2) is 7.00. The summed E-state index contributed by atoms with van der Waals surface area (Å²) >= 11 is 1.42. The van der Waals surface area contributed by atoms with E-state index in [4.69, 9.17) is 4.74 Å². The van der Waals surface area contributed by atoms with E-state index < -0.39 is 0 Å². The third-order valence-corrected chi connectivity index (χ3v) is 3.37. The second-order valence-corrected chi connectivity index (χ2v) is 4.99. The van der Waals surface area contributed by atoms with E-state index in [1.807, 2.05) is 24.5 Å². The SMILES string of the molecule is CCOc1ccccc1NC(=O)CN1C=CSCC1=O. The Bertz CT molecular complexity index is 531. The highest BCUT2D eigenvalue weighted by Gasteiger charge is 2.18. The van der Waals surface area contributed by atoms with Crippen molar-refractivity contribution in [3.63, 3.8) is 0 Å². The summed E-state index contributed by atoms with van der Waals surface area (Å²) in [7, 11) is 0. The van der Waals surface area contributed by atoms with Crippen molar-refractivity contribution >= 4 is 29.3 Å². The molecule has 1 aromatic carbocycles. The number of para-hydroxylation sites is 2. The highest BCUT2D eigenvalue weighted by Crippen LogP contribution is 2.23. The summed E-state index contributed by atoms with van der Waals surface area (Å²) in [6.07, 6.45) is 1.63. The first-order valence-corrected chi connectivity index (χ1v) is 7.35. The van der Waals surface area contributed by atoms with Crippen LogP contribution in [0.2, 0.25) is 0 Å². The maximum Gasteiger partial charge on any atom is 0.244 e. The van der Waals surface area contributed by atoms with Crippen LogP contribution in [0.5, 0.6) is 5.75 Å². The van der Waals surface area contributed by atoms with E-state index >= 15 is 0 Å². The monoisotopic (exact) mass is 292 g/mol. The molecule has 106 valence electrons. The number of carbonyl (C=O) groups is 2. The van der Waals surface area contributed by atoms with Gasteiger partial charge in [-0.3, -0.25) is 9.59 Å². The van der Waals surface area contributed by atoms with Gasteiger partial charge in [-0.05, 0) is 24.5 Å². The molecule has 1 aliphatic rings. The molecule has 5 nitrogen and oxygen atoms in total. The molecule has 0 bridgehead atoms. The largest absolute Gasteiger partial charge is 0.492 e. The molecule has 6 heteroatoms. The standard InChI is InChI=1S/C14H16N2O3S/c1-2-19-12-6-4-3-5-11(12)15-13(17)9-16-7-8-20-10-14(16)18/h3-8H,2,9-10H2,1H3,(H,15,17). The molecule has 2 rings (SSSR count). The van der Waals surface area contributed by atoms with Gasteiger partial charge >= 0.3 is 0 Å². The van der Waals surface area contributed by atoms with E-state index in [0.29, 0.717) is 23.8 Å². The number of anilines is 1. The Hall–Kier alpha value is -1.95. The molecule has 1 N–H and O–H groups in total. The summed E-state index contributed by atoms with van der Waals surface area (Å²) in [5.41, 5.74) is 0.613. The van der Waals surface area contributed by atoms with Crippen molar-refractivity contribution in [2.45, 2.75) is 6.92 Å². The fourth-order valence-corrected chi connectivity index (χ4v) is 2.38. The zero-order chi connectivity index (χ0) is 14.4. The van der Waals surface area contributed by atoms with Crippen LogP contribution in [-0.4, -0.2) is 35.6 Å². The number of rotatable bonds is 5. The zero-order valence-corrected chi connectivity index (χ0v) is 12.0. The van der Waals surface area contributed by atoms with Crippen LogP contribution in [0.3, 0.4) is 0 Å². The number of hydrogen-bond acceptors (Lipinski definition) is 4. The van der Waals surface area contributed by atoms with Gasteiger partial charge in [0.05, 0.1) is 18.0 Å². The van der Waals surface area contributed by atoms with Crippen molar-refractivity contribution in [3.05, 3.63) is 35.9 Å². The molecule has 1 aromatic rings. The van der Waals surface area contributed by atoms with Crippen molar-refractivity contribution in [1.82, 2.24) is 4.90 Å². The number of benzene rings is 1. The van der Waals surface area contributed by atoms with Crippen molar-refractivity contribution in [3.8, 4) is 5.75 Å². The molecule has 0 aliphatic carbocycles. The van der Waals surface area contributed by atoms with Crippen LogP contribution in [0.15, 0.2) is 35.9 Å². The molecule has 1 aliphatic heterocycles. The average molecular weight is 292 g/mol. The lowest BCUT2D eigenvalue weighted by atomic mass is 10.3. The Balaban J connectivity index is 1.99. The predicted molar refractivity (Wildman–Crippen MR) is 79.6 cm³/mol. The summed E-state index contributed by atoms with van der Waals surface area (Å²) in [6.45, 7) is 2.42. The quantitative estimate of drug-likeness (QED) is 0.902. The van der Waals surface area contributed by atoms with Gasteiger partial charge in [0, 0.05) is 6.20 Å². The van der Waals surface area contributed by atoms with Gasteiger partial charge in [0.2, 0.25) is 11.8 Å². The Morgan fingerprint density at radius 3 is 3.00 bits per heavy atom. The van der Waals surface area contributed by atoms with E-state index in [2.05, 4.69) is 5.32 Å². The van der Waals surface area contributed by atoms with Crippen LogP contribution in [0.4, 0.5) is 5.69 Å². The highest BCUT2D eigenvalue weighted by atomic mass is 32.2. The number of amides is 2. The average Bonchev–Trinajstić information content (AvgIpc) is 2.44. The zero-order valence-electron chi connectivity index (χ0n) is 11.2. The van der Waals surface area contributed by atoms with Gasteiger partial charge in [-0.15, -0.1) is 11.8 Å². The Morgan fingerprint density at radius 1 is 1.45 bits per heavy atom. The fraction of sp³-hybridized carbons (Fsp3) is 0.286. The van der Waals surface area contributed by atoms with Crippen molar-refractivity contribution in [2.24, 2.45) is 0 Å². The molecule has 0 atom stereocenters. The van der Waals surface area contributed by atoms with Gasteiger partial charge in [0.25, 0.3) is 0 Å². The van der Waals surface area contributed by atoms with Crippen molar-refractivity contribution < 1.29 is 14.3 Å².